The molecule has 0 aliphatic heterocycles. The quantitative estimate of drug-likeness (QED) is 0.274. The molecule has 8 heteroatoms. The predicted molar refractivity (Wildman–Crippen MR) is 109 cm³/mol. The fourth-order valence-corrected chi connectivity index (χ4v) is 2.60. The number of rotatable bonds is 7. The minimum Gasteiger partial charge on any atom is -0.432 e. The van der Waals surface area contributed by atoms with E-state index in [4.69, 9.17) is 20.9 Å². The van der Waals surface area contributed by atoms with Gasteiger partial charge in [-0.05, 0) is 36.8 Å². The number of aromatic nitrogens is 1. The topological polar surface area (TPSA) is 93.8 Å². The van der Waals surface area contributed by atoms with E-state index in [0.717, 1.165) is 5.56 Å². The maximum Gasteiger partial charge on any atom is 0.295 e. The molecule has 1 atom stereocenters. The van der Waals surface area contributed by atoms with Gasteiger partial charge in [-0.2, -0.15) is 0 Å². The van der Waals surface area contributed by atoms with Gasteiger partial charge in [0.25, 0.3) is 11.7 Å². The standard InChI is InChI=1S/C21H18ClN3O4/c1-13(14-8-10-16(22)11-9-14)29-24-12-17-19(18(26)20(27)23-2)28-21(25-17)15-6-4-3-5-7-15/h3-13H,1-2H3,(H,23,27). The second-order valence-electron chi connectivity index (χ2n) is 6.04. The van der Waals surface area contributed by atoms with Crippen LogP contribution in [0.15, 0.2) is 64.2 Å². The molecule has 0 saturated heterocycles. The van der Waals surface area contributed by atoms with Crippen molar-refractivity contribution in [2.45, 2.75) is 13.0 Å². The molecule has 1 N–H and O–H groups in total. The molecule has 3 rings (SSSR count). The van der Waals surface area contributed by atoms with Gasteiger partial charge in [-0.25, -0.2) is 4.98 Å². The van der Waals surface area contributed by atoms with Gasteiger partial charge in [0.15, 0.2) is 0 Å². The molecule has 0 spiro atoms. The van der Waals surface area contributed by atoms with Gasteiger partial charge in [-0.1, -0.05) is 47.1 Å². The van der Waals surface area contributed by atoms with Crippen LogP contribution in [0.5, 0.6) is 0 Å². The lowest BCUT2D eigenvalue weighted by molar-refractivity contribution is -0.116. The van der Waals surface area contributed by atoms with Crippen molar-refractivity contribution in [3.63, 3.8) is 0 Å². The number of likely N-dealkylation sites (N-methyl/N-ethyl adjacent to an activating group) is 1. The SMILES string of the molecule is CNC(=O)C(=O)c1oc(-c2ccccc2)nc1C=NOC(C)c1ccc(Cl)cc1. The zero-order valence-electron chi connectivity index (χ0n) is 15.8. The molecule has 0 aliphatic carbocycles. The van der Waals surface area contributed by atoms with Crippen LogP contribution in [0.4, 0.5) is 0 Å². The van der Waals surface area contributed by atoms with E-state index in [1.165, 1.54) is 13.3 Å². The molecule has 1 aromatic heterocycles. The van der Waals surface area contributed by atoms with Crippen LogP contribution in [0.1, 0.15) is 34.8 Å². The van der Waals surface area contributed by atoms with Gasteiger partial charge in [-0.3, -0.25) is 9.59 Å². The number of benzene rings is 2. The monoisotopic (exact) mass is 411 g/mol. The van der Waals surface area contributed by atoms with Crippen LogP contribution < -0.4 is 5.32 Å². The van der Waals surface area contributed by atoms with E-state index >= 15 is 0 Å². The van der Waals surface area contributed by atoms with E-state index in [2.05, 4.69) is 15.5 Å². The summed E-state index contributed by atoms with van der Waals surface area (Å²) in [6, 6.07) is 16.2. The fourth-order valence-electron chi connectivity index (χ4n) is 2.47. The lowest BCUT2D eigenvalue weighted by atomic mass is 10.1. The number of hydrogen-bond acceptors (Lipinski definition) is 6. The average molecular weight is 412 g/mol. The lowest BCUT2D eigenvalue weighted by Gasteiger charge is -2.09. The molecule has 1 unspecified atom stereocenters. The van der Waals surface area contributed by atoms with E-state index in [1.54, 1.807) is 24.3 Å². The number of Topliss-reactive ketones (excluding diaryl/α,β-unsaturated/α-hetero) is 1. The molecule has 0 fully saturated rings. The zero-order valence-corrected chi connectivity index (χ0v) is 16.5. The van der Waals surface area contributed by atoms with E-state index in [-0.39, 0.29) is 23.4 Å². The molecule has 0 radical (unpaired) electrons. The van der Waals surface area contributed by atoms with Crippen molar-refractivity contribution < 1.29 is 18.8 Å². The molecule has 0 bridgehead atoms. The van der Waals surface area contributed by atoms with Gasteiger partial charge in [0.05, 0.1) is 6.21 Å². The van der Waals surface area contributed by atoms with Gasteiger partial charge in [0.1, 0.15) is 11.8 Å². The molecule has 29 heavy (non-hydrogen) atoms. The van der Waals surface area contributed by atoms with Crippen LogP contribution in [0.3, 0.4) is 0 Å². The summed E-state index contributed by atoms with van der Waals surface area (Å²) in [6.45, 7) is 1.81. The van der Waals surface area contributed by atoms with Crippen molar-refractivity contribution in [2.75, 3.05) is 7.05 Å². The van der Waals surface area contributed by atoms with E-state index in [9.17, 15) is 9.59 Å². The third kappa shape index (κ3) is 4.89. The Balaban J connectivity index is 1.85. The summed E-state index contributed by atoms with van der Waals surface area (Å²) in [4.78, 5) is 33.8. The van der Waals surface area contributed by atoms with Crippen molar-refractivity contribution in [2.24, 2.45) is 5.16 Å². The lowest BCUT2D eigenvalue weighted by Crippen LogP contribution is -2.27. The number of ketones is 1. The highest BCUT2D eigenvalue weighted by Crippen LogP contribution is 2.23. The Kier molecular flexibility index (Phi) is 6.41. The molecule has 2 aromatic carbocycles. The van der Waals surface area contributed by atoms with Crippen LogP contribution in [-0.2, 0) is 9.63 Å². The van der Waals surface area contributed by atoms with Crippen LogP contribution >= 0.6 is 11.6 Å². The molecule has 0 aliphatic rings. The smallest absolute Gasteiger partial charge is 0.295 e. The van der Waals surface area contributed by atoms with Crippen LogP contribution in [0, 0.1) is 0 Å². The minimum atomic E-state index is -0.852. The number of oxazole rings is 1. The predicted octanol–water partition coefficient (Wildman–Crippen LogP) is 4.04. The van der Waals surface area contributed by atoms with Crippen LogP contribution in [0.25, 0.3) is 11.5 Å². The number of carbonyl (C=O) groups is 2. The van der Waals surface area contributed by atoms with Gasteiger partial charge in [0.2, 0.25) is 11.7 Å². The third-order valence-electron chi connectivity index (χ3n) is 4.05. The van der Waals surface area contributed by atoms with Crippen LogP contribution in [-0.4, -0.2) is 29.9 Å². The number of oxime groups is 1. The summed E-state index contributed by atoms with van der Waals surface area (Å²) in [6.07, 6.45) is 0.889. The van der Waals surface area contributed by atoms with Gasteiger partial charge < -0.3 is 14.6 Å². The Morgan fingerprint density at radius 2 is 1.86 bits per heavy atom. The molecular formula is C21H18ClN3O4. The maximum atomic E-state index is 12.3. The second-order valence-corrected chi connectivity index (χ2v) is 6.48. The molecule has 1 heterocycles. The van der Waals surface area contributed by atoms with Gasteiger partial charge >= 0.3 is 0 Å². The third-order valence-corrected chi connectivity index (χ3v) is 4.30. The van der Waals surface area contributed by atoms with E-state index < -0.39 is 11.7 Å². The summed E-state index contributed by atoms with van der Waals surface area (Å²) < 4.78 is 5.56. The van der Waals surface area contributed by atoms with Crippen molar-refractivity contribution in [3.8, 4) is 11.5 Å². The first-order valence-electron chi connectivity index (χ1n) is 8.77. The fraction of sp³-hybridized carbons (Fsp3) is 0.143. The van der Waals surface area contributed by atoms with Crippen molar-refractivity contribution in [1.82, 2.24) is 10.3 Å². The second kappa shape index (κ2) is 9.16. The summed E-state index contributed by atoms with van der Waals surface area (Å²) in [5.74, 6) is -1.68. The molecule has 0 saturated carbocycles. The van der Waals surface area contributed by atoms with Crippen LogP contribution in [0.2, 0.25) is 5.02 Å². The van der Waals surface area contributed by atoms with E-state index in [1.807, 2.05) is 37.3 Å². The summed E-state index contributed by atoms with van der Waals surface area (Å²) in [5.41, 5.74) is 1.63. The molecular weight excluding hydrogens is 394 g/mol. The first-order chi connectivity index (χ1) is 14.0. The Bertz CT molecular complexity index is 1030. The zero-order chi connectivity index (χ0) is 20.8. The number of nitrogens with zero attached hydrogens (tertiary/aromatic N) is 2. The highest BCUT2D eigenvalue weighted by molar-refractivity contribution is 6.42. The van der Waals surface area contributed by atoms with Gasteiger partial charge in [-0.15, -0.1) is 0 Å². The highest BCUT2D eigenvalue weighted by atomic mass is 35.5. The summed E-state index contributed by atoms with van der Waals surface area (Å²) in [5, 5.41) is 6.81. The Morgan fingerprint density at radius 3 is 2.52 bits per heavy atom. The minimum absolute atomic E-state index is 0.0979. The Hall–Kier alpha value is -3.45. The number of hydrogen-bond donors (Lipinski definition) is 1. The Morgan fingerprint density at radius 1 is 1.17 bits per heavy atom. The highest BCUT2D eigenvalue weighted by Gasteiger charge is 2.25. The van der Waals surface area contributed by atoms with Crippen molar-refractivity contribution >= 4 is 29.5 Å². The molecule has 1 amide bonds. The largest absolute Gasteiger partial charge is 0.432 e. The molecule has 7 nitrogen and oxygen atoms in total. The number of carbonyl (C=O) groups excluding carboxylic acids is 2. The molecule has 148 valence electrons. The van der Waals surface area contributed by atoms with Crippen molar-refractivity contribution in [3.05, 3.63) is 76.6 Å². The summed E-state index contributed by atoms with van der Waals surface area (Å²) in [7, 11) is 1.36. The molecule has 3 aromatic rings. The van der Waals surface area contributed by atoms with Crippen molar-refractivity contribution in [1.29, 1.82) is 0 Å². The first kappa shape index (κ1) is 20.3. The number of nitrogens with one attached hydrogen (secondary N) is 1. The number of halogens is 1. The normalized spacial score (nSPS) is 12.0. The first-order valence-corrected chi connectivity index (χ1v) is 9.14. The Labute approximate surface area is 172 Å². The maximum absolute atomic E-state index is 12.3. The summed E-state index contributed by atoms with van der Waals surface area (Å²) >= 11 is 5.88. The van der Waals surface area contributed by atoms with Gasteiger partial charge in [0, 0.05) is 17.6 Å². The average Bonchev–Trinajstić information content (AvgIpc) is 3.17. The van der Waals surface area contributed by atoms with E-state index in [0.29, 0.717) is 10.6 Å². The number of amides is 1.